The van der Waals surface area contributed by atoms with Crippen molar-refractivity contribution in [3.05, 3.63) is 99.3 Å². The highest BCUT2D eigenvalue weighted by Crippen LogP contribution is 2.20. The molecule has 3 rings (SSSR count). The fraction of sp³-hybridized carbons (Fsp3) is 0.273. The van der Waals surface area contributed by atoms with Gasteiger partial charge in [0.1, 0.15) is 10.0 Å². The summed E-state index contributed by atoms with van der Waals surface area (Å²) in [4.78, 5) is 20.9. The van der Waals surface area contributed by atoms with E-state index in [0.717, 1.165) is 36.4 Å². The molecular formula is C22H24N5O4S-. The summed E-state index contributed by atoms with van der Waals surface area (Å²) in [7, 11) is -3.88. The zero-order valence-corrected chi connectivity index (χ0v) is 18.3. The van der Waals surface area contributed by atoms with Crippen LogP contribution in [0.4, 0.5) is 5.69 Å². The zero-order chi connectivity index (χ0) is 22.8. The van der Waals surface area contributed by atoms with Crippen molar-refractivity contribution in [3.8, 4) is 0 Å². The van der Waals surface area contributed by atoms with Crippen molar-refractivity contribution in [2.45, 2.75) is 17.7 Å². The van der Waals surface area contributed by atoms with Crippen LogP contribution in [0.15, 0.2) is 78.0 Å². The van der Waals surface area contributed by atoms with Gasteiger partial charge in [0.25, 0.3) is 5.69 Å². The van der Waals surface area contributed by atoms with Gasteiger partial charge in [-0.2, -0.15) is 0 Å². The van der Waals surface area contributed by atoms with E-state index in [9.17, 15) is 18.5 Å². The van der Waals surface area contributed by atoms with Crippen LogP contribution in [0.5, 0.6) is 0 Å². The lowest BCUT2D eigenvalue weighted by Crippen LogP contribution is -2.31. The summed E-state index contributed by atoms with van der Waals surface area (Å²) < 4.78 is 28.8. The van der Waals surface area contributed by atoms with E-state index in [0.29, 0.717) is 19.6 Å². The first-order valence-corrected chi connectivity index (χ1v) is 11.6. The minimum atomic E-state index is -3.88. The van der Waals surface area contributed by atoms with Gasteiger partial charge in [-0.25, -0.2) is 8.42 Å². The number of non-ortho nitro benzene ring substituents is 1. The largest absolute Gasteiger partial charge is 0.544 e. The quantitative estimate of drug-likeness (QED) is 0.304. The van der Waals surface area contributed by atoms with Crippen LogP contribution in [0.2, 0.25) is 0 Å². The number of hydrogen-bond donors (Lipinski definition) is 0. The average Bonchev–Trinajstić information content (AvgIpc) is 2.82. The number of nitrogens with zero attached hydrogens (tertiary/aromatic N) is 5. The second-order valence-electron chi connectivity index (χ2n) is 7.06. The van der Waals surface area contributed by atoms with E-state index < -0.39 is 14.9 Å². The van der Waals surface area contributed by atoms with Gasteiger partial charge >= 0.3 is 0 Å². The predicted molar refractivity (Wildman–Crippen MR) is 121 cm³/mol. The Morgan fingerprint density at radius 3 is 1.88 bits per heavy atom. The van der Waals surface area contributed by atoms with Crippen LogP contribution in [0.3, 0.4) is 0 Å². The molecular weight excluding hydrogens is 430 g/mol. The van der Waals surface area contributed by atoms with E-state index in [1.165, 1.54) is 12.1 Å². The normalized spacial score (nSPS) is 11.5. The van der Waals surface area contributed by atoms with Crippen LogP contribution in [0.25, 0.3) is 4.72 Å². The van der Waals surface area contributed by atoms with Crippen LogP contribution in [-0.2, 0) is 22.9 Å². The first-order chi connectivity index (χ1) is 15.4. The molecule has 3 aromatic rings. The summed E-state index contributed by atoms with van der Waals surface area (Å²) in [5.41, 5.74) is 1.76. The highest BCUT2D eigenvalue weighted by molar-refractivity contribution is 7.94. The van der Waals surface area contributed by atoms with Gasteiger partial charge in [-0.05, 0) is 42.9 Å². The number of nitro benzene ring substituents is 1. The van der Waals surface area contributed by atoms with E-state index in [1.807, 2.05) is 36.4 Å². The molecule has 0 aliphatic carbocycles. The Kier molecular flexibility index (Phi) is 8.37. The van der Waals surface area contributed by atoms with Gasteiger partial charge in [0.2, 0.25) is 0 Å². The molecule has 2 heterocycles. The van der Waals surface area contributed by atoms with Crippen molar-refractivity contribution in [2.75, 3.05) is 26.2 Å². The molecule has 0 amide bonds. The van der Waals surface area contributed by atoms with Gasteiger partial charge in [0.15, 0.2) is 0 Å². The Morgan fingerprint density at radius 2 is 1.41 bits per heavy atom. The van der Waals surface area contributed by atoms with Crippen LogP contribution in [0.1, 0.15) is 11.4 Å². The van der Waals surface area contributed by atoms with Crippen LogP contribution in [0, 0.1) is 10.1 Å². The third-order valence-electron chi connectivity index (χ3n) is 4.84. The number of aromatic nitrogens is 2. The number of hydrogen-bond acceptors (Lipinski definition) is 7. The molecule has 32 heavy (non-hydrogen) atoms. The van der Waals surface area contributed by atoms with Crippen molar-refractivity contribution in [1.82, 2.24) is 14.9 Å². The maximum absolute atomic E-state index is 12.5. The Balaban J connectivity index is 1.58. The van der Waals surface area contributed by atoms with Crippen molar-refractivity contribution in [1.29, 1.82) is 0 Å². The van der Waals surface area contributed by atoms with E-state index in [1.54, 1.807) is 12.4 Å². The summed E-state index contributed by atoms with van der Waals surface area (Å²) in [6.07, 6.45) is 4.97. The minimum absolute atomic E-state index is 0.0587. The van der Waals surface area contributed by atoms with Crippen molar-refractivity contribution in [2.24, 2.45) is 0 Å². The summed E-state index contributed by atoms with van der Waals surface area (Å²) >= 11 is 0. The standard InChI is InChI=1S/C22H24N5O4S/c28-27(29)21-7-9-22(10-8-21)32(30,31)25-15-18-26(16-11-19-5-1-3-13-23-19)17-12-20-6-2-4-14-24-20/h1-10,13-14H,11-12,15-18H2/q-1. The SMILES string of the molecule is O=[N+]([O-])c1ccc(S(=O)(=O)[N-]CCN(CCc2ccccn2)CCc2ccccn2)cc1. The number of benzene rings is 1. The number of rotatable bonds is 12. The lowest BCUT2D eigenvalue weighted by Gasteiger charge is -2.27. The monoisotopic (exact) mass is 454 g/mol. The molecule has 0 spiro atoms. The Morgan fingerprint density at radius 1 is 0.844 bits per heavy atom. The maximum atomic E-state index is 12.5. The van der Waals surface area contributed by atoms with Crippen LogP contribution in [-0.4, -0.2) is 54.4 Å². The summed E-state index contributed by atoms with van der Waals surface area (Å²) in [5.74, 6) is 0. The van der Waals surface area contributed by atoms with Crippen LogP contribution >= 0.6 is 0 Å². The molecule has 0 aliphatic heterocycles. The third kappa shape index (κ3) is 7.19. The molecule has 10 heteroatoms. The molecule has 0 unspecified atom stereocenters. The molecule has 0 atom stereocenters. The Labute approximate surface area is 187 Å². The summed E-state index contributed by atoms with van der Waals surface area (Å²) in [5, 5.41) is 10.8. The molecule has 1 aromatic carbocycles. The highest BCUT2D eigenvalue weighted by atomic mass is 32.2. The second-order valence-corrected chi connectivity index (χ2v) is 8.74. The molecule has 0 aliphatic rings. The molecule has 0 bridgehead atoms. The van der Waals surface area contributed by atoms with Gasteiger partial charge < -0.3 is 9.62 Å². The van der Waals surface area contributed by atoms with E-state index >= 15 is 0 Å². The third-order valence-corrected chi connectivity index (χ3v) is 6.23. The van der Waals surface area contributed by atoms with E-state index in [2.05, 4.69) is 19.6 Å². The van der Waals surface area contributed by atoms with Gasteiger partial charge in [0.05, 0.1) is 4.92 Å². The number of sulfonamides is 1. The van der Waals surface area contributed by atoms with Gasteiger partial charge in [0, 0.05) is 66.7 Å². The fourth-order valence-corrected chi connectivity index (χ4v) is 4.04. The number of pyridine rings is 2. The van der Waals surface area contributed by atoms with Crippen molar-refractivity contribution < 1.29 is 13.3 Å². The lowest BCUT2D eigenvalue weighted by atomic mass is 10.2. The lowest BCUT2D eigenvalue weighted by molar-refractivity contribution is -0.384. The van der Waals surface area contributed by atoms with Crippen molar-refractivity contribution in [3.63, 3.8) is 0 Å². The van der Waals surface area contributed by atoms with Gasteiger partial charge in [-0.15, -0.1) is 6.54 Å². The predicted octanol–water partition coefficient (Wildman–Crippen LogP) is 3.23. The van der Waals surface area contributed by atoms with Crippen LogP contribution < -0.4 is 0 Å². The average molecular weight is 455 g/mol. The minimum Gasteiger partial charge on any atom is -0.544 e. The zero-order valence-electron chi connectivity index (χ0n) is 17.4. The molecule has 9 nitrogen and oxygen atoms in total. The van der Waals surface area contributed by atoms with Crippen molar-refractivity contribution >= 4 is 15.7 Å². The molecule has 0 saturated carbocycles. The molecule has 0 saturated heterocycles. The Bertz CT molecular complexity index is 1050. The topological polar surface area (TPSA) is 120 Å². The number of nitro groups is 1. The molecule has 2 aromatic heterocycles. The Hall–Kier alpha value is -3.21. The van der Waals surface area contributed by atoms with E-state index in [4.69, 9.17) is 0 Å². The summed E-state index contributed by atoms with van der Waals surface area (Å²) in [6, 6.07) is 16.3. The molecule has 0 radical (unpaired) electrons. The smallest absolute Gasteiger partial charge is 0.269 e. The maximum Gasteiger partial charge on any atom is 0.269 e. The van der Waals surface area contributed by atoms with Gasteiger partial charge in [-0.1, -0.05) is 12.1 Å². The second kappa shape index (κ2) is 11.4. The molecule has 0 N–H and O–H groups in total. The van der Waals surface area contributed by atoms with E-state index in [-0.39, 0.29) is 17.1 Å². The first kappa shape index (κ1) is 23.5. The first-order valence-electron chi connectivity index (χ1n) is 10.1. The fourth-order valence-electron chi connectivity index (χ4n) is 3.09. The van der Waals surface area contributed by atoms with Gasteiger partial charge in [-0.3, -0.25) is 20.1 Å². The highest BCUT2D eigenvalue weighted by Gasteiger charge is 2.10. The summed E-state index contributed by atoms with van der Waals surface area (Å²) in [6.45, 7) is 1.95. The molecule has 0 fully saturated rings. The molecule has 168 valence electrons.